The molecule has 0 fully saturated rings. The van der Waals surface area contributed by atoms with E-state index in [4.69, 9.17) is 0 Å². The van der Waals surface area contributed by atoms with Crippen molar-refractivity contribution in [3.63, 3.8) is 0 Å². The number of halogens is 3. The lowest BCUT2D eigenvalue weighted by molar-refractivity contribution is -0.137. The lowest BCUT2D eigenvalue weighted by Crippen LogP contribution is -2.04. The third-order valence-electron chi connectivity index (χ3n) is 2.49. The fourth-order valence-corrected chi connectivity index (χ4v) is 2.29. The van der Waals surface area contributed by atoms with Gasteiger partial charge in [0.25, 0.3) is 0 Å². The molecule has 0 unspecified atom stereocenters. The normalized spacial score (nSPS) is 11.4. The van der Waals surface area contributed by atoms with Crippen LogP contribution in [0.15, 0.2) is 53.4 Å². The SMILES string of the molecule is Cc1cccc(SNc2ccc(C(F)(F)F)cc2)c1. The average Bonchev–Trinajstić information content (AvgIpc) is 2.36. The number of rotatable bonds is 3. The second-order valence-electron chi connectivity index (χ2n) is 4.10. The average molecular weight is 283 g/mol. The molecule has 0 saturated heterocycles. The van der Waals surface area contributed by atoms with E-state index in [1.165, 1.54) is 24.1 Å². The van der Waals surface area contributed by atoms with Gasteiger partial charge in [-0.25, -0.2) is 0 Å². The molecule has 19 heavy (non-hydrogen) atoms. The molecule has 0 atom stereocenters. The lowest BCUT2D eigenvalue weighted by atomic mass is 10.2. The smallest absolute Gasteiger partial charge is 0.326 e. The molecule has 5 heteroatoms. The number of alkyl halides is 3. The van der Waals surface area contributed by atoms with Gasteiger partial charge in [0.2, 0.25) is 0 Å². The number of anilines is 1. The van der Waals surface area contributed by atoms with Crippen molar-refractivity contribution in [1.29, 1.82) is 0 Å². The Morgan fingerprint density at radius 3 is 2.26 bits per heavy atom. The Balaban J connectivity index is 2.01. The van der Waals surface area contributed by atoms with Gasteiger partial charge in [-0.05, 0) is 60.8 Å². The zero-order valence-electron chi connectivity index (χ0n) is 10.2. The van der Waals surface area contributed by atoms with Gasteiger partial charge >= 0.3 is 6.18 Å². The predicted molar refractivity (Wildman–Crippen MR) is 72.1 cm³/mol. The summed E-state index contributed by atoms with van der Waals surface area (Å²) in [6.45, 7) is 1.99. The van der Waals surface area contributed by atoms with E-state index in [1.54, 1.807) is 0 Å². The second kappa shape index (κ2) is 5.57. The molecule has 0 heterocycles. The number of hydrogen-bond acceptors (Lipinski definition) is 2. The Bertz CT molecular complexity index is 549. The molecule has 2 aromatic rings. The van der Waals surface area contributed by atoms with Crippen molar-refractivity contribution in [3.05, 3.63) is 59.7 Å². The van der Waals surface area contributed by atoms with Gasteiger partial charge in [-0.1, -0.05) is 12.1 Å². The van der Waals surface area contributed by atoms with Gasteiger partial charge in [0.15, 0.2) is 0 Å². The fraction of sp³-hybridized carbons (Fsp3) is 0.143. The topological polar surface area (TPSA) is 12.0 Å². The molecule has 0 aliphatic carbocycles. The zero-order valence-corrected chi connectivity index (χ0v) is 11.0. The number of aryl methyl sites for hydroxylation is 1. The van der Waals surface area contributed by atoms with E-state index < -0.39 is 11.7 Å². The van der Waals surface area contributed by atoms with Crippen LogP contribution in [-0.2, 0) is 6.18 Å². The molecular weight excluding hydrogens is 271 g/mol. The first-order valence-corrected chi connectivity index (χ1v) is 6.43. The molecule has 2 aromatic carbocycles. The summed E-state index contributed by atoms with van der Waals surface area (Å²) in [5.74, 6) is 0. The van der Waals surface area contributed by atoms with Crippen molar-refractivity contribution in [2.75, 3.05) is 4.72 Å². The molecule has 0 aromatic heterocycles. The van der Waals surface area contributed by atoms with Crippen molar-refractivity contribution in [3.8, 4) is 0 Å². The third kappa shape index (κ3) is 3.92. The summed E-state index contributed by atoms with van der Waals surface area (Å²) in [6, 6.07) is 12.8. The standard InChI is InChI=1S/C14H12F3NS/c1-10-3-2-4-13(9-10)19-18-12-7-5-11(6-8-12)14(15,16)17/h2-9,18H,1H3. The summed E-state index contributed by atoms with van der Waals surface area (Å²) in [4.78, 5) is 1.01. The summed E-state index contributed by atoms with van der Waals surface area (Å²) >= 11 is 1.37. The van der Waals surface area contributed by atoms with Crippen molar-refractivity contribution in [2.24, 2.45) is 0 Å². The Morgan fingerprint density at radius 2 is 1.68 bits per heavy atom. The van der Waals surface area contributed by atoms with Gasteiger partial charge in [-0.2, -0.15) is 13.2 Å². The van der Waals surface area contributed by atoms with E-state index in [1.807, 2.05) is 31.2 Å². The largest absolute Gasteiger partial charge is 0.416 e. The first-order chi connectivity index (χ1) is 8.95. The molecule has 2 rings (SSSR count). The number of benzene rings is 2. The maximum Gasteiger partial charge on any atom is 0.416 e. The highest BCUT2D eigenvalue weighted by molar-refractivity contribution is 8.00. The minimum absolute atomic E-state index is 0.638. The van der Waals surface area contributed by atoms with Crippen LogP contribution in [0.5, 0.6) is 0 Å². The first kappa shape index (κ1) is 13.8. The van der Waals surface area contributed by atoms with Gasteiger partial charge in [0.1, 0.15) is 0 Å². The van der Waals surface area contributed by atoms with Crippen LogP contribution in [0.4, 0.5) is 18.9 Å². The molecule has 0 aliphatic heterocycles. The van der Waals surface area contributed by atoms with E-state index in [0.717, 1.165) is 22.6 Å². The first-order valence-electron chi connectivity index (χ1n) is 5.62. The maximum atomic E-state index is 12.4. The number of hydrogen-bond donors (Lipinski definition) is 1. The van der Waals surface area contributed by atoms with Crippen LogP contribution in [0, 0.1) is 6.92 Å². The van der Waals surface area contributed by atoms with Gasteiger partial charge in [0.05, 0.1) is 5.56 Å². The highest BCUT2D eigenvalue weighted by Crippen LogP contribution is 2.30. The fourth-order valence-electron chi connectivity index (χ4n) is 1.52. The van der Waals surface area contributed by atoms with Crippen molar-refractivity contribution in [1.82, 2.24) is 0 Å². The Kier molecular flexibility index (Phi) is 4.04. The van der Waals surface area contributed by atoms with Gasteiger partial charge < -0.3 is 4.72 Å². The van der Waals surface area contributed by atoms with Crippen LogP contribution in [0.2, 0.25) is 0 Å². The Labute approximate surface area is 114 Å². The minimum Gasteiger partial charge on any atom is -0.326 e. The van der Waals surface area contributed by atoms with E-state index in [2.05, 4.69) is 4.72 Å². The van der Waals surface area contributed by atoms with E-state index in [9.17, 15) is 13.2 Å². The Hall–Kier alpha value is -1.62. The summed E-state index contributed by atoms with van der Waals surface area (Å²) in [5.41, 5.74) is 1.14. The summed E-state index contributed by atoms with van der Waals surface area (Å²) in [6.07, 6.45) is -4.29. The molecule has 0 aliphatic rings. The minimum atomic E-state index is -4.29. The monoisotopic (exact) mass is 283 g/mol. The van der Waals surface area contributed by atoms with Crippen LogP contribution in [0.3, 0.4) is 0 Å². The Morgan fingerprint density at radius 1 is 1.00 bits per heavy atom. The third-order valence-corrected chi connectivity index (χ3v) is 3.32. The summed E-state index contributed by atoms with van der Waals surface area (Å²) < 4.78 is 40.2. The highest BCUT2D eigenvalue weighted by atomic mass is 32.2. The molecular formula is C14H12F3NS. The van der Waals surface area contributed by atoms with Crippen LogP contribution in [0.25, 0.3) is 0 Å². The molecule has 0 spiro atoms. The van der Waals surface area contributed by atoms with Crippen LogP contribution >= 0.6 is 11.9 Å². The van der Waals surface area contributed by atoms with Crippen molar-refractivity contribution >= 4 is 17.6 Å². The van der Waals surface area contributed by atoms with Crippen molar-refractivity contribution in [2.45, 2.75) is 18.0 Å². The maximum absolute atomic E-state index is 12.4. The molecule has 100 valence electrons. The van der Waals surface area contributed by atoms with Crippen LogP contribution in [0.1, 0.15) is 11.1 Å². The van der Waals surface area contributed by atoms with Crippen LogP contribution < -0.4 is 4.72 Å². The summed E-state index contributed by atoms with van der Waals surface area (Å²) in [5, 5.41) is 0. The predicted octanol–water partition coefficient (Wildman–Crippen LogP) is 5.13. The zero-order chi connectivity index (χ0) is 13.9. The molecule has 0 saturated carbocycles. The van der Waals surface area contributed by atoms with E-state index in [0.29, 0.717) is 5.69 Å². The summed E-state index contributed by atoms with van der Waals surface area (Å²) in [7, 11) is 0. The van der Waals surface area contributed by atoms with E-state index >= 15 is 0 Å². The second-order valence-corrected chi connectivity index (χ2v) is 4.98. The molecule has 0 radical (unpaired) electrons. The van der Waals surface area contributed by atoms with E-state index in [-0.39, 0.29) is 0 Å². The van der Waals surface area contributed by atoms with Gasteiger partial charge in [-0.3, -0.25) is 0 Å². The van der Waals surface area contributed by atoms with Gasteiger partial charge in [-0.15, -0.1) is 0 Å². The quantitative estimate of drug-likeness (QED) is 0.783. The highest BCUT2D eigenvalue weighted by Gasteiger charge is 2.29. The van der Waals surface area contributed by atoms with Crippen molar-refractivity contribution < 1.29 is 13.2 Å². The lowest BCUT2D eigenvalue weighted by Gasteiger charge is -2.09. The molecule has 0 bridgehead atoms. The molecule has 1 N–H and O–H groups in total. The molecule has 1 nitrogen and oxygen atoms in total. The van der Waals surface area contributed by atoms with Gasteiger partial charge in [0, 0.05) is 10.6 Å². The number of nitrogens with one attached hydrogen (secondary N) is 1. The van der Waals surface area contributed by atoms with Crippen LogP contribution in [-0.4, -0.2) is 0 Å². The molecule has 0 amide bonds.